The van der Waals surface area contributed by atoms with Crippen LogP contribution < -0.4 is 11.1 Å². The first-order valence-corrected chi connectivity index (χ1v) is 7.21. The van der Waals surface area contributed by atoms with Gasteiger partial charge in [-0.2, -0.15) is 0 Å². The summed E-state index contributed by atoms with van der Waals surface area (Å²) < 4.78 is 12.9. The lowest BCUT2D eigenvalue weighted by molar-refractivity contribution is -0.121. The van der Waals surface area contributed by atoms with Crippen LogP contribution in [0.1, 0.15) is 21.7 Å². The Morgan fingerprint density at radius 3 is 2.52 bits per heavy atom. The van der Waals surface area contributed by atoms with Gasteiger partial charge in [-0.15, -0.1) is 0 Å². The van der Waals surface area contributed by atoms with Crippen molar-refractivity contribution in [1.29, 1.82) is 0 Å². The van der Waals surface area contributed by atoms with E-state index in [1.54, 1.807) is 37.3 Å². The highest BCUT2D eigenvalue weighted by molar-refractivity contribution is 5.92. The summed E-state index contributed by atoms with van der Waals surface area (Å²) in [6.45, 7) is 1.89. The molecule has 6 heteroatoms. The van der Waals surface area contributed by atoms with Gasteiger partial charge in [0.1, 0.15) is 11.5 Å². The topological polar surface area (TPSA) is 85.1 Å². The van der Waals surface area contributed by atoms with Gasteiger partial charge in [0.15, 0.2) is 0 Å². The van der Waals surface area contributed by atoms with Gasteiger partial charge in [0.05, 0.1) is 5.92 Å². The Hall–Kier alpha value is -2.76. The van der Waals surface area contributed by atoms with Crippen molar-refractivity contribution >= 4 is 11.8 Å². The molecule has 0 fully saturated rings. The quantitative estimate of drug-likeness (QED) is 0.849. The number of halogens is 1. The number of nitrogens with zero attached hydrogens (tertiary/aromatic N) is 1. The Labute approximate surface area is 133 Å². The smallest absolute Gasteiger partial charge is 0.269 e. The lowest BCUT2D eigenvalue weighted by Gasteiger charge is -2.14. The molecule has 0 aliphatic heterocycles. The van der Waals surface area contributed by atoms with Gasteiger partial charge in [0, 0.05) is 12.2 Å². The SMILES string of the molecule is Cc1cccc(C(=O)NC[C@@H](Cc2ccc(F)cc2)C(N)=O)n1. The van der Waals surface area contributed by atoms with Gasteiger partial charge in [-0.1, -0.05) is 18.2 Å². The first-order valence-electron chi connectivity index (χ1n) is 7.21. The van der Waals surface area contributed by atoms with Crippen LogP contribution in [0, 0.1) is 18.7 Å². The number of aryl methyl sites for hydroxylation is 1. The molecule has 0 aliphatic rings. The number of primary amides is 1. The number of nitrogens with one attached hydrogen (secondary N) is 1. The van der Waals surface area contributed by atoms with Crippen molar-refractivity contribution in [3.05, 3.63) is 65.2 Å². The first kappa shape index (κ1) is 16.6. The third-order valence-corrected chi connectivity index (χ3v) is 3.43. The molecule has 1 heterocycles. The van der Waals surface area contributed by atoms with Crippen molar-refractivity contribution in [2.24, 2.45) is 11.7 Å². The summed E-state index contributed by atoms with van der Waals surface area (Å²) in [5.41, 5.74) is 7.18. The molecule has 2 rings (SSSR count). The molecule has 0 aliphatic carbocycles. The van der Waals surface area contributed by atoms with E-state index in [9.17, 15) is 14.0 Å². The first-order chi connectivity index (χ1) is 11.0. The van der Waals surface area contributed by atoms with Crippen molar-refractivity contribution in [3.63, 3.8) is 0 Å². The van der Waals surface area contributed by atoms with Gasteiger partial charge in [-0.25, -0.2) is 9.37 Å². The molecule has 0 spiro atoms. The van der Waals surface area contributed by atoms with Gasteiger partial charge in [0.2, 0.25) is 5.91 Å². The molecule has 23 heavy (non-hydrogen) atoms. The molecule has 0 radical (unpaired) electrons. The largest absolute Gasteiger partial charge is 0.369 e. The Bertz CT molecular complexity index is 701. The van der Waals surface area contributed by atoms with Crippen LogP contribution in [0.25, 0.3) is 0 Å². The zero-order valence-corrected chi connectivity index (χ0v) is 12.8. The van der Waals surface area contributed by atoms with E-state index in [1.807, 2.05) is 0 Å². The Morgan fingerprint density at radius 2 is 1.91 bits per heavy atom. The van der Waals surface area contributed by atoms with Gasteiger partial charge < -0.3 is 11.1 Å². The highest BCUT2D eigenvalue weighted by atomic mass is 19.1. The molecule has 2 aromatic rings. The van der Waals surface area contributed by atoms with Crippen LogP contribution in [0.2, 0.25) is 0 Å². The number of aromatic nitrogens is 1. The number of benzene rings is 1. The number of pyridine rings is 1. The zero-order chi connectivity index (χ0) is 16.8. The lowest BCUT2D eigenvalue weighted by atomic mass is 9.98. The van der Waals surface area contributed by atoms with Crippen molar-refractivity contribution in [2.75, 3.05) is 6.54 Å². The number of hydrogen-bond acceptors (Lipinski definition) is 3. The average molecular weight is 315 g/mol. The van der Waals surface area contributed by atoms with Crippen LogP contribution in [0.4, 0.5) is 4.39 Å². The fourth-order valence-electron chi connectivity index (χ4n) is 2.15. The Kier molecular flexibility index (Phi) is 5.41. The van der Waals surface area contributed by atoms with E-state index in [0.717, 1.165) is 11.3 Å². The van der Waals surface area contributed by atoms with E-state index in [1.165, 1.54) is 12.1 Å². The van der Waals surface area contributed by atoms with E-state index < -0.39 is 11.8 Å². The van der Waals surface area contributed by atoms with Gasteiger partial charge in [-0.05, 0) is 43.2 Å². The molecule has 0 saturated heterocycles. The van der Waals surface area contributed by atoms with E-state index in [-0.39, 0.29) is 24.0 Å². The predicted molar refractivity (Wildman–Crippen MR) is 84.1 cm³/mol. The van der Waals surface area contributed by atoms with E-state index in [2.05, 4.69) is 10.3 Å². The molecule has 1 atom stereocenters. The third kappa shape index (κ3) is 4.88. The van der Waals surface area contributed by atoms with E-state index in [4.69, 9.17) is 5.73 Å². The van der Waals surface area contributed by atoms with E-state index in [0.29, 0.717) is 6.42 Å². The minimum Gasteiger partial charge on any atom is -0.369 e. The molecule has 0 unspecified atom stereocenters. The second-order valence-corrected chi connectivity index (χ2v) is 5.30. The van der Waals surface area contributed by atoms with Crippen LogP contribution >= 0.6 is 0 Å². The number of carbonyl (C=O) groups excluding carboxylic acids is 2. The summed E-state index contributed by atoms with van der Waals surface area (Å²) in [6.07, 6.45) is 0.330. The Morgan fingerprint density at radius 1 is 1.22 bits per heavy atom. The zero-order valence-electron chi connectivity index (χ0n) is 12.8. The van der Waals surface area contributed by atoms with Crippen LogP contribution in [0.3, 0.4) is 0 Å². The maximum absolute atomic E-state index is 12.9. The van der Waals surface area contributed by atoms with Crippen LogP contribution in [-0.2, 0) is 11.2 Å². The van der Waals surface area contributed by atoms with Gasteiger partial charge in [-0.3, -0.25) is 9.59 Å². The molecular formula is C17H18FN3O2. The molecule has 1 aromatic heterocycles. The Balaban J connectivity index is 1.98. The normalized spacial score (nSPS) is 11.7. The third-order valence-electron chi connectivity index (χ3n) is 3.43. The number of carbonyl (C=O) groups is 2. The summed E-state index contributed by atoms with van der Waals surface area (Å²) in [6, 6.07) is 11.0. The molecule has 120 valence electrons. The van der Waals surface area contributed by atoms with Crippen molar-refractivity contribution in [1.82, 2.24) is 10.3 Å². The van der Waals surface area contributed by atoms with Gasteiger partial charge in [0.25, 0.3) is 5.91 Å². The molecule has 0 saturated carbocycles. The maximum atomic E-state index is 12.9. The fourth-order valence-corrected chi connectivity index (χ4v) is 2.15. The molecule has 2 amide bonds. The summed E-state index contributed by atoms with van der Waals surface area (Å²) in [4.78, 5) is 27.7. The van der Waals surface area contributed by atoms with Crippen LogP contribution in [-0.4, -0.2) is 23.3 Å². The van der Waals surface area contributed by atoms with Crippen molar-refractivity contribution < 1.29 is 14.0 Å². The van der Waals surface area contributed by atoms with Crippen molar-refractivity contribution in [2.45, 2.75) is 13.3 Å². The number of rotatable bonds is 6. The molecule has 1 aromatic carbocycles. The predicted octanol–water partition coefficient (Wildman–Crippen LogP) is 1.60. The second-order valence-electron chi connectivity index (χ2n) is 5.30. The summed E-state index contributed by atoms with van der Waals surface area (Å²) in [5.74, 6) is -1.80. The summed E-state index contributed by atoms with van der Waals surface area (Å²) in [5, 5.41) is 2.66. The maximum Gasteiger partial charge on any atom is 0.269 e. The highest BCUT2D eigenvalue weighted by Crippen LogP contribution is 2.10. The second kappa shape index (κ2) is 7.49. The van der Waals surface area contributed by atoms with E-state index >= 15 is 0 Å². The number of nitrogens with two attached hydrogens (primary N) is 1. The molecular weight excluding hydrogens is 297 g/mol. The molecule has 3 N–H and O–H groups in total. The molecule has 5 nitrogen and oxygen atoms in total. The fraction of sp³-hybridized carbons (Fsp3) is 0.235. The number of hydrogen-bond donors (Lipinski definition) is 2. The molecule has 0 bridgehead atoms. The van der Waals surface area contributed by atoms with Crippen LogP contribution in [0.5, 0.6) is 0 Å². The monoisotopic (exact) mass is 315 g/mol. The summed E-state index contributed by atoms with van der Waals surface area (Å²) in [7, 11) is 0. The minimum atomic E-state index is -0.575. The van der Waals surface area contributed by atoms with Gasteiger partial charge >= 0.3 is 0 Å². The standard InChI is InChI=1S/C17H18FN3O2/c1-11-3-2-4-15(21-11)17(23)20-10-13(16(19)22)9-12-5-7-14(18)8-6-12/h2-8,13H,9-10H2,1H3,(H2,19,22)(H,20,23)/t13-/m1/s1. The van der Waals surface area contributed by atoms with Crippen LogP contribution in [0.15, 0.2) is 42.5 Å². The number of amides is 2. The van der Waals surface area contributed by atoms with Crippen molar-refractivity contribution in [3.8, 4) is 0 Å². The average Bonchev–Trinajstić information content (AvgIpc) is 2.52. The highest BCUT2D eigenvalue weighted by Gasteiger charge is 2.18. The lowest BCUT2D eigenvalue weighted by Crippen LogP contribution is -2.37. The minimum absolute atomic E-state index is 0.0984. The summed E-state index contributed by atoms with van der Waals surface area (Å²) >= 11 is 0.